The summed E-state index contributed by atoms with van der Waals surface area (Å²) in [5.41, 5.74) is 2.60. The molecule has 8 nitrogen and oxygen atoms in total. The lowest BCUT2D eigenvalue weighted by atomic mass is 9.86. The van der Waals surface area contributed by atoms with E-state index in [9.17, 15) is 12.8 Å². The van der Waals surface area contributed by atoms with Gasteiger partial charge in [0.05, 0.1) is 29.2 Å². The number of hydrogen-bond donors (Lipinski definition) is 1. The highest BCUT2D eigenvalue weighted by Gasteiger charge is 2.35. The zero-order valence-electron chi connectivity index (χ0n) is 23.8. The molecule has 1 unspecified atom stereocenters. The molecule has 0 aliphatic carbocycles. The van der Waals surface area contributed by atoms with Gasteiger partial charge in [-0.25, -0.2) is 22.8 Å². The predicted octanol–water partition coefficient (Wildman–Crippen LogP) is 7.11. The molecule has 5 rings (SSSR count). The van der Waals surface area contributed by atoms with Gasteiger partial charge in [0.15, 0.2) is 9.84 Å². The largest absolute Gasteiger partial charge is 0.490 e. The molecule has 226 valence electrons. The van der Waals surface area contributed by atoms with Crippen molar-refractivity contribution in [3.8, 4) is 5.75 Å². The Kier molecular flexibility index (Phi) is 9.79. The van der Waals surface area contributed by atoms with Crippen LogP contribution in [-0.4, -0.2) is 43.1 Å². The van der Waals surface area contributed by atoms with E-state index >= 15 is 0 Å². The van der Waals surface area contributed by atoms with Crippen LogP contribution in [0.5, 0.6) is 5.75 Å². The lowest BCUT2D eigenvalue weighted by molar-refractivity contribution is 0.0210. The molecule has 1 aliphatic heterocycles. The third kappa shape index (κ3) is 7.81. The van der Waals surface area contributed by atoms with E-state index in [1.165, 1.54) is 18.5 Å². The van der Waals surface area contributed by atoms with E-state index in [-0.39, 0.29) is 30.5 Å². The molecule has 0 saturated heterocycles. The van der Waals surface area contributed by atoms with Crippen LogP contribution in [0, 0.1) is 5.82 Å². The number of rotatable bonds is 14. The molecule has 0 fully saturated rings. The second kappa shape index (κ2) is 13.7. The fourth-order valence-corrected chi connectivity index (χ4v) is 5.80. The summed E-state index contributed by atoms with van der Waals surface area (Å²) in [5, 5.41) is 4.56. The standard InChI is InChI=1S/C32H33ClFN3O5S/c1-2-43(38,39)17-16-40-14-4-12-32(13-5-15-42-32)24-8-10-29-27(19-24)31(36-22-35-29)37-26-9-11-30(28(33)20-26)41-21-23-6-3-7-25(34)18-23/h3,5-11,15,18-20,22H,2,4,12-14,16-17,21H2,1H3,(H,35,36,37). The summed E-state index contributed by atoms with van der Waals surface area (Å²) in [6.07, 6.45) is 7.32. The van der Waals surface area contributed by atoms with E-state index in [2.05, 4.69) is 15.3 Å². The van der Waals surface area contributed by atoms with Gasteiger partial charge in [-0.1, -0.05) is 36.7 Å². The van der Waals surface area contributed by atoms with Crippen molar-refractivity contribution in [1.82, 2.24) is 9.97 Å². The minimum atomic E-state index is -3.05. The third-order valence-electron chi connectivity index (χ3n) is 7.32. The van der Waals surface area contributed by atoms with Crippen LogP contribution in [0.2, 0.25) is 5.02 Å². The number of benzene rings is 3. The van der Waals surface area contributed by atoms with Crippen molar-refractivity contribution in [3.05, 3.63) is 101 Å². The molecule has 11 heteroatoms. The van der Waals surface area contributed by atoms with Crippen molar-refractivity contribution in [2.75, 3.05) is 30.0 Å². The molecule has 43 heavy (non-hydrogen) atoms. The van der Waals surface area contributed by atoms with Crippen LogP contribution in [0.15, 0.2) is 79.3 Å². The molecule has 1 aromatic heterocycles. The second-order valence-electron chi connectivity index (χ2n) is 10.3. The SMILES string of the molecule is CCS(=O)(=O)CCOCCCC1(c2ccc3ncnc(Nc4ccc(OCc5cccc(F)c5)c(Cl)c4)c3c2)CC=CO1. The maximum atomic E-state index is 13.5. The van der Waals surface area contributed by atoms with Crippen molar-refractivity contribution >= 4 is 43.8 Å². The molecule has 3 aromatic carbocycles. The summed E-state index contributed by atoms with van der Waals surface area (Å²) in [4.78, 5) is 8.93. The lowest BCUT2D eigenvalue weighted by Gasteiger charge is -2.30. The maximum absolute atomic E-state index is 13.5. The Bertz CT molecular complexity index is 1710. The first kappa shape index (κ1) is 30.7. The van der Waals surface area contributed by atoms with Crippen LogP contribution in [0.25, 0.3) is 10.9 Å². The first-order chi connectivity index (χ1) is 20.8. The molecule has 0 spiro atoms. The van der Waals surface area contributed by atoms with Gasteiger partial charge in [0.2, 0.25) is 0 Å². The number of hydrogen-bond acceptors (Lipinski definition) is 8. The molecule has 1 N–H and O–H groups in total. The summed E-state index contributed by atoms with van der Waals surface area (Å²) >= 11 is 6.52. The van der Waals surface area contributed by atoms with E-state index < -0.39 is 15.4 Å². The van der Waals surface area contributed by atoms with Crippen molar-refractivity contribution in [2.45, 2.75) is 38.4 Å². The molecule has 0 amide bonds. The first-order valence-corrected chi connectivity index (χ1v) is 16.3. The van der Waals surface area contributed by atoms with Crippen LogP contribution >= 0.6 is 11.6 Å². The highest BCUT2D eigenvalue weighted by molar-refractivity contribution is 7.91. The molecule has 1 aliphatic rings. The van der Waals surface area contributed by atoms with Crippen molar-refractivity contribution in [1.29, 1.82) is 0 Å². The van der Waals surface area contributed by atoms with Crippen LogP contribution < -0.4 is 10.1 Å². The van der Waals surface area contributed by atoms with Crippen molar-refractivity contribution in [2.24, 2.45) is 0 Å². The Morgan fingerprint density at radius 1 is 1.09 bits per heavy atom. The van der Waals surface area contributed by atoms with Crippen molar-refractivity contribution < 1.29 is 27.0 Å². The van der Waals surface area contributed by atoms with Crippen LogP contribution in [-0.2, 0) is 31.5 Å². The van der Waals surface area contributed by atoms with Gasteiger partial charge in [-0.2, -0.15) is 0 Å². The predicted molar refractivity (Wildman–Crippen MR) is 166 cm³/mol. The Labute approximate surface area is 255 Å². The minimum Gasteiger partial charge on any atom is -0.490 e. The van der Waals surface area contributed by atoms with Crippen LogP contribution in [0.4, 0.5) is 15.9 Å². The van der Waals surface area contributed by atoms with Gasteiger partial charge < -0.3 is 19.5 Å². The molecule has 0 radical (unpaired) electrons. The quantitative estimate of drug-likeness (QED) is 0.148. The van der Waals surface area contributed by atoms with Gasteiger partial charge >= 0.3 is 0 Å². The number of nitrogens with zero attached hydrogens (tertiary/aromatic N) is 2. The molecule has 0 saturated carbocycles. The number of aromatic nitrogens is 2. The normalized spacial score (nSPS) is 16.3. The van der Waals surface area contributed by atoms with Gasteiger partial charge in [-0.05, 0) is 72.5 Å². The van der Waals surface area contributed by atoms with Crippen LogP contribution in [0.1, 0.15) is 37.3 Å². The average Bonchev–Trinajstić information content (AvgIpc) is 3.48. The highest BCUT2D eigenvalue weighted by atomic mass is 35.5. The summed E-state index contributed by atoms with van der Waals surface area (Å²) in [6, 6.07) is 17.6. The number of ether oxygens (including phenoxy) is 3. The highest BCUT2D eigenvalue weighted by Crippen LogP contribution is 2.41. The molecule has 0 bridgehead atoms. The number of nitrogens with one attached hydrogen (secondary N) is 1. The summed E-state index contributed by atoms with van der Waals surface area (Å²) < 4.78 is 54.4. The van der Waals surface area contributed by atoms with Gasteiger partial charge in [-0.15, -0.1) is 0 Å². The van der Waals surface area contributed by atoms with Gasteiger partial charge in [0.1, 0.15) is 35.9 Å². The van der Waals surface area contributed by atoms with Crippen LogP contribution in [0.3, 0.4) is 0 Å². The molecule has 1 atom stereocenters. The number of fused-ring (bicyclic) bond motifs is 1. The second-order valence-corrected chi connectivity index (χ2v) is 13.2. The van der Waals surface area contributed by atoms with Crippen molar-refractivity contribution in [3.63, 3.8) is 0 Å². The third-order valence-corrected chi connectivity index (χ3v) is 9.29. The first-order valence-electron chi connectivity index (χ1n) is 14.1. The Morgan fingerprint density at radius 2 is 1.98 bits per heavy atom. The topological polar surface area (TPSA) is 99.6 Å². The summed E-state index contributed by atoms with van der Waals surface area (Å²) in [6.45, 7) is 2.46. The van der Waals surface area contributed by atoms with Gasteiger partial charge in [0.25, 0.3) is 0 Å². The lowest BCUT2D eigenvalue weighted by Crippen LogP contribution is -2.25. The van der Waals surface area contributed by atoms with E-state index in [0.717, 1.165) is 16.5 Å². The fraction of sp³-hybridized carbons (Fsp3) is 0.312. The maximum Gasteiger partial charge on any atom is 0.152 e. The van der Waals surface area contributed by atoms with Gasteiger partial charge in [-0.3, -0.25) is 0 Å². The number of halogens is 2. The zero-order valence-corrected chi connectivity index (χ0v) is 25.3. The molecule has 4 aromatic rings. The Hall–Kier alpha value is -3.73. The number of anilines is 2. The Morgan fingerprint density at radius 3 is 2.74 bits per heavy atom. The summed E-state index contributed by atoms with van der Waals surface area (Å²) in [7, 11) is -3.05. The zero-order chi connectivity index (χ0) is 30.3. The minimum absolute atomic E-state index is 0.0308. The monoisotopic (exact) mass is 625 g/mol. The summed E-state index contributed by atoms with van der Waals surface area (Å²) in [5.74, 6) is 0.919. The van der Waals surface area contributed by atoms with E-state index in [4.69, 9.17) is 25.8 Å². The molecule has 2 heterocycles. The fourth-order valence-electron chi connectivity index (χ4n) is 4.91. The molecular formula is C32H33ClFN3O5S. The number of sulfone groups is 1. The van der Waals surface area contributed by atoms with E-state index in [1.807, 2.05) is 30.3 Å². The van der Waals surface area contributed by atoms with E-state index in [1.54, 1.807) is 37.5 Å². The average molecular weight is 626 g/mol. The smallest absolute Gasteiger partial charge is 0.152 e. The Balaban J connectivity index is 1.28. The van der Waals surface area contributed by atoms with Gasteiger partial charge in [0, 0.05) is 29.9 Å². The van der Waals surface area contributed by atoms with E-state index in [0.29, 0.717) is 53.7 Å². The molecular weight excluding hydrogens is 593 g/mol.